The van der Waals surface area contributed by atoms with E-state index in [0.717, 1.165) is 0 Å². The molecule has 0 bridgehead atoms. The van der Waals surface area contributed by atoms with Crippen molar-refractivity contribution in [1.29, 1.82) is 5.41 Å². The summed E-state index contributed by atoms with van der Waals surface area (Å²) in [4.78, 5) is 14.7. The van der Waals surface area contributed by atoms with Crippen LogP contribution >= 0.6 is 0 Å². The third kappa shape index (κ3) is 2.78. The van der Waals surface area contributed by atoms with E-state index in [2.05, 4.69) is 10.1 Å². The Kier molecular flexibility index (Phi) is 3.66. The Bertz CT molecular complexity index is 1230. The fourth-order valence-electron chi connectivity index (χ4n) is 2.93. The molecule has 2 heterocycles. The third-order valence-electron chi connectivity index (χ3n) is 4.09. The standard InChI is InChI=1S/C19H14N4O4/c20-17-15-16(22-23(17)11-4-2-1-3-5-11)14(18(26)21-19(15)27)8-10-6-12(24)9-13(25)7-10/h1-9,20,24-25,27H,(H,21,26)/b14-8+,20-17?. The number of nitrogens with one attached hydrogen (secondary N) is 2. The normalized spacial score (nSPS) is 13.6. The highest BCUT2D eigenvalue weighted by Crippen LogP contribution is 2.22. The van der Waals surface area contributed by atoms with E-state index in [0.29, 0.717) is 11.3 Å². The van der Waals surface area contributed by atoms with Crippen LogP contribution in [0.5, 0.6) is 17.4 Å². The smallest absolute Gasteiger partial charge is 0.260 e. The van der Waals surface area contributed by atoms with Crippen LogP contribution in [0.25, 0.3) is 6.08 Å². The molecular weight excluding hydrogens is 348 g/mol. The van der Waals surface area contributed by atoms with Gasteiger partial charge in [-0.05, 0) is 35.9 Å². The molecule has 3 aromatic rings. The summed E-state index contributed by atoms with van der Waals surface area (Å²) in [6, 6.07) is 12.8. The highest BCUT2D eigenvalue weighted by molar-refractivity contribution is 6.10. The minimum Gasteiger partial charge on any atom is -0.508 e. The number of hydrogen-bond donors (Lipinski definition) is 5. The highest BCUT2D eigenvalue weighted by Gasteiger charge is 2.26. The number of phenolic OH excluding ortho intramolecular Hbond substituents is 2. The summed E-state index contributed by atoms with van der Waals surface area (Å²) < 4.78 is 0. The van der Waals surface area contributed by atoms with Crippen LogP contribution in [0.3, 0.4) is 0 Å². The Morgan fingerprint density at radius 3 is 2.37 bits per heavy atom. The van der Waals surface area contributed by atoms with Crippen molar-refractivity contribution in [2.45, 2.75) is 0 Å². The summed E-state index contributed by atoms with van der Waals surface area (Å²) in [6.07, 6.45) is 1.42. The summed E-state index contributed by atoms with van der Waals surface area (Å²) in [5, 5.41) is 43.6. The molecule has 2 aromatic carbocycles. The van der Waals surface area contributed by atoms with Gasteiger partial charge in [0.25, 0.3) is 5.56 Å². The zero-order valence-corrected chi connectivity index (χ0v) is 13.8. The van der Waals surface area contributed by atoms with E-state index >= 15 is 0 Å². The van der Waals surface area contributed by atoms with Crippen molar-refractivity contribution in [3.8, 4) is 17.4 Å². The number of rotatable bonds is 2. The lowest BCUT2D eigenvalue weighted by molar-refractivity contribution is 0.448. The highest BCUT2D eigenvalue weighted by atomic mass is 16.3. The second-order valence-corrected chi connectivity index (χ2v) is 5.96. The number of H-pyrrole nitrogens is 1. The van der Waals surface area contributed by atoms with Gasteiger partial charge < -0.3 is 15.3 Å². The monoisotopic (exact) mass is 362 g/mol. The van der Waals surface area contributed by atoms with Crippen molar-refractivity contribution in [2.24, 2.45) is 5.10 Å². The molecule has 1 aromatic heterocycles. The number of pyridine rings is 1. The predicted molar refractivity (Wildman–Crippen MR) is 98.6 cm³/mol. The fourth-order valence-corrected chi connectivity index (χ4v) is 2.93. The first kappa shape index (κ1) is 16.4. The maximum atomic E-state index is 12.4. The van der Waals surface area contributed by atoms with Gasteiger partial charge in [-0.2, -0.15) is 5.10 Å². The van der Waals surface area contributed by atoms with Crippen LogP contribution in [-0.2, 0) is 0 Å². The summed E-state index contributed by atoms with van der Waals surface area (Å²) in [7, 11) is 0. The van der Waals surface area contributed by atoms with Gasteiger partial charge in [0.05, 0.1) is 10.9 Å². The molecule has 0 aliphatic carbocycles. The number of hydrogen-bond acceptors (Lipinski definition) is 6. The molecular formula is C19H14N4O4. The van der Waals surface area contributed by atoms with Crippen molar-refractivity contribution >= 4 is 17.6 Å². The van der Waals surface area contributed by atoms with Gasteiger partial charge in [0.15, 0.2) is 5.84 Å². The Morgan fingerprint density at radius 2 is 1.70 bits per heavy atom. The second-order valence-electron chi connectivity index (χ2n) is 5.96. The Morgan fingerprint density at radius 1 is 1.04 bits per heavy atom. The number of aromatic hydroxyl groups is 3. The quantitative estimate of drug-likeness (QED) is 0.458. The zero-order chi connectivity index (χ0) is 19.1. The first-order valence-corrected chi connectivity index (χ1v) is 7.97. The van der Waals surface area contributed by atoms with Gasteiger partial charge >= 0.3 is 0 Å². The topological polar surface area (TPSA) is 133 Å². The molecule has 4 rings (SSSR count). The van der Waals surface area contributed by atoms with E-state index in [9.17, 15) is 20.1 Å². The van der Waals surface area contributed by atoms with Gasteiger partial charge in [0.1, 0.15) is 22.4 Å². The Hall–Kier alpha value is -4.07. The number of aromatic nitrogens is 1. The van der Waals surface area contributed by atoms with Crippen LogP contribution in [0.15, 0.2) is 58.4 Å². The van der Waals surface area contributed by atoms with Gasteiger partial charge in [-0.15, -0.1) is 0 Å². The molecule has 5 N–H and O–H groups in total. The van der Waals surface area contributed by atoms with Crippen LogP contribution in [-0.4, -0.2) is 26.1 Å². The average Bonchev–Trinajstić information content (AvgIpc) is 2.96. The van der Waals surface area contributed by atoms with Gasteiger partial charge in [0, 0.05) is 6.07 Å². The van der Waals surface area contributed by atoms with Crippen LogP contribution in [0.2, 0.25) is 0 Å². The molecule has 8 nitrogen and oxygen atoms in total. The Labute approximate surface area is 152 Å². The molecule has 0 fully saturated rings. The lowest BCUT2D eigenvalue weighted by Gasteiger charge is -2.13. The minimum absolute atomic E-state index is 0.0849. The zero-order valence-electron chi connectivity index (χ0n) is 13.8. The molecule has 0 radical (unpaired) electrons. The molecule has 0 spiro atoms. The van der Waals surface area contributed by atoms with Crippen LogP contribution in [0, 0.1) is 5.41 Å². The second kappa shape index (κ2) is 6.03. The fraction of sp³-hybridized carbons (Fsp3) is 0. The summed E-state index contributed by atoms with van der Waals surface area (Å²) in [5.74, 6) is -0.858. The van der Waals surface area contributed by atoms with Gasteiger partial charge in [0.2, 0.25) is 5.88 Å². The van der Waals surface area contributed by atoms with Crippen molar-refractivity contribution < 1.29 is 15.3 Å². The molecule has 134 valence electrons. The van der Waals surface area contributed by atoms with Crippen molar-refractivity contribution in [1.82, 2.24) is 4.98 Å². The van der Waals surface area contributed by atoms with Gasteiger partial charge in [-0.1, -0.05) is 18.2 Å². The molecule has 0 unspecified atom stereocenters. The molecule has 1 aliphatic heterocycles. The maximum absolute atomic E-state index is 12.4. The summed E-state index contributed by atoms with van der Waals surface area (Å²) in [5.41, 5.74) is 0.451. The predicted octanol–water partition coefficient (Wildman–Crippen LogP) is 0.701. The van der Waals surface area contributed by atoms with Crippen molar-refractivity contribution in [3.05, 3.63) is 80.6 Å². The lowest BCUT2D eigenvalue weighted by atomic mass is 10.1. The minimum atomic E-state index is -0.611. The first-order chi connectivity index (χ1) is 12.9. The van der Waals surface area contributed by atoms with E-state index in [-0.39, 0.29) is 33.5 Å². The number of phenols is 2. The lowest BCUT2D eigenvalue weighted by Crippen LogP contribution is -2.42. The number of fused-ring (bicyclic) bond motifs is 1. The van der Waals surface area contributed by atoms with E-state index in [1.807, 2.05) is 6.07 Å². The van der Waals surface area contributed by atoms with E-state index < -0.39 is 11.4 Å². The average molecular weight is 362 g/mol. The molecule has 8 heteroatoms. The number of nitrogens with zero attached hydrogens (tertiary/aromatic N) is 2. The van der Waals surface area contributed by atoms with E-state index in [4.69, 9.17) is 5.41 Å². The molecule has 27 heavy (non-hydrogen) atoms. The number of aromatic amines is 1. The maximum Gasteiger partial charge on any atom is 0.260 e. The van der Waals surface area contributed by atoms with E-state index in [1.54, 1.807) is 24.3 Å². The molecule has 0 saturated heterocycles. The van der Waals surface area contributed by atoms with Crippen LogP contribution in [0.4, 0.5) is 5.69 Å². The first-order valence-electron chi connectivity index (χ1n) is 7.97. The third-order valence-corrected chi connectivity index (χ3v) is 4.09. The molecule has 1 aliphatic rings. The number of amidine groups is 1. The van der Waals surface area contributed by atoms with Crippen LogP contribution < -0.4 is 21.1 Å². The number of benzene rings is 2. The molecule has 0 amide bonds. The Balaban J connectivity index is 2.00. The molecule has 0 saturated carbocycles. The summed E-state index contributed by atoms with van der Waals surface area (Å²) >= 11 is 0. The van der Waals surface area contributed by atoms with Crippen molar-refractivity contribution in [2.75, 3.05) is 5.01 Å². The van der Waals surface area contributed by atoms with Gasteiger partial charge in [-0.25, -0.2) is 5.01 Å². The SMILES string of the molecule is N=C1c2c(O)[nH]c(=O)/c(=C/c3cc(O)cc(O)c3)c2=NN1c1ccccc1. The van der Waals surface area contributed by atoms with Gasteiger partial charge in [-0.3, -0.25) is 15.2 Å². The number of anilines is 1. The molecule has 0 atom stereocenters. The van der Waals surface area contributed by atoms with E-state index in [1.165, 1.54) is 29.3 Å². The number of para-hydroxylation sites is 1. The van der Waals surface area contributed by atoms with Crippen LogP contribution in [0.1, 0.15) is 11.1 Å². The van der Waals surface area contributed by atoms with Crippen molar-refractivity contribution in [3.63, 3.8) is 0 Å². The summed E-state index contributed by atoms with van der Waals surface area (Å²) in [6.45, 7) is 0. The largest absolute Gasteiger partial charge is 0.508 e.